The van der Waals surface area contributed by atoms with Gasteiger partial charge < -0.3 is 20.5 Å². The van der Waals surface area contributed by atoms with E-state index in [1.54, 1.807) is 7.11 Å². The van der Waals surface area contributed by atoms with E-state index in [2.05, 4.69) is 5.32 Å². The average Bonchev–Trinajstić information content (AvgIpc) is 2.99. The number of hydrogen-bond acceptors (Lipinski definition) is 4. The molecule has 0 aliphatic heterocycles. The molecule has 0 aromatic heterocycles. The Labute approximate surface area is 144 Å². The van der Waals surface area contributed by atoms with Crippen molar-refractivity contribution >= 4 is 18.3 Å². The molecule has 5 nitrogen and oxygen atoms in total. The van der Waals surface area contributed by atoms with Crippen LogP contribution in [0.1, 0.15) is 32.1 Å². The smallest absolute Gasteiger partial charge is 0.220 e. The molecule has 1 aromatic rings. The van der Waals surface area contributed by atoms with Gasteiger partial charge in [-0.25, -0.2) is 0 Å². The summed E-state index contributed by atoms with van der Waals surface area (Å²) in [6, 6.07) is 7.71. The van der Waals surface area contributed by atoms with Crippen LogP contribution in [0.5, 0.6) is 11.5 Å². The molecular formula is C17H27ClN2O3. The van der Waals surface area contributed by atoms with E-state index in [0.29, 0.717) is 31.9 Å². The lowest BCUT2D eigenvalue weighted by molar-refractivity contribution is -0.122. The molecule has 0 bridgehead atoms. The van der Waals surface area contributed by atoms with Gasteiger partial charge in [-0.3, -0.25) is 4.79 Å². The number of benzene rings is 1. The molecule has 3 N–H and O–H groups in total. The number of ether oxygens (including phenoxy) is 2. The van der Waals surface area contributed by atoms with Crippen molar-refractivity contribution in [3.63, 3.8) is 0 Å². The standard InChI is InChI=1S/C17H26N2O3.ClH/c1-21-14-7-9-15(10-8-14)22-11-3-6-17(20)19-16-5-2-4-13(16)12-18;/h7-10,13,16H,2-6,11-12,18H2,1H3,(H,19,20);1H. The van der Waals surface area contributed by atoms with Gasteiger partial charge in [0.1, 0.15) is 11.5 Å². The molecular weight excluding hydrogens is 316 g/mol. The quantitative estimate of drug-likeness (QED) is 0.712. The minimum Gasteiger partial charge on any atom is -0.497 e. The van der Waals surface area contributed by atoms with Crippen molar-refractivity contribution in [2.75, 3.05) is 20.3 Å². The third-order valence-corrected chi connectivity index (χ3v) is 4.18. The summed E-state index contributed by atoms with van der Waals surface area (Å²) in [5.74, 6) is 2.14. The first kappa shape index (κ1) is 19.6. The van der Waals surface area contributed by atoms with Crippen LogP contribution in [0, 0.1) is 5.92 Å². The van der Waals surface area contributed by atoms with Gasteiger partial charge in [0.2, 0.25) is 5.91 Å². The molecule has 1 aliphatic carbocycles. The topological polar surface area (TPSA) is 73.6 Å². The van der Waals surface area contributed by atoms with Crippen LogP contribution in [0.15, 0.2) is 24.3 Å². The molecule has 1 saturated carbocycles. The molecule has 1 aromatic carbocycles. The first-order valence-corrected chi connectivity index (χ1v) is 7.99. The van der Waals surface area contributed by atoms with Crippen molar-refractivity contribution in [2.24, 2.45) is 11.7 Å². The highest BCUT2D eigenvalue weighted by Gasteiger charge is 2.26. The van der Waals surface area contributed by atoms with Crippen molar-refractivity contribution in [3.8, 4) is 11.5 Å². The Kier molecular flexibility index (Phi) is 8.81. The predicted octanol–water partition coefficient (Wildman–Crippen LogP) is 2.52. The van der Waals surface area contributed by atoms with Crippen molar-refractivity contribution in [1.29, 1.82) is 0 Å². The van der Waals surface area contributed by atoms with Gasteiger partial charge in [0, 0.05) is 12.5 Å². The van der Waals surface area contributed by atoms with E-state index in [1.165, 1.54) is 0 Å². The summed E-state index contributed by atoms with van der Waals surface area (Å²) in [5.41, 5.74) is 5.73. The third-order valence-electron chi connectivity index (χ3n) is 4.18. The summed E-state index contributed by atoms with van der Waals surface area (Å²) in [5, 5.41) is 3.10. The molecule has 2 atom stereocenters. The largest absolute Gasteiger partial charge is 0.497 e. The Balaban J connectivity index is 0.00000264. The van der Waals surface area contributed by atoms with Crippen LogP contribution in [-0.2, 0) is 4.79 Å². The lowest BCUT2D eigenvalue weighted by Crippen LogP contribution is -2.39. The Bertz CT molecular complexity index is 467. The van der Waals surface area contributed by atoms with Gasteiger partial charge in [-0.05, 0) is 56.0 Å². The summed E-state index contributed by atoms with van der Waals surface area (Å²) in [7, 11) is 1.63. The van der Waals surface area contributed by atoms with Gasteiger partial charge in [-0.15, -0.1) is 12.4 Å². The number of amides is 1. The van der Waals surface area contributed by atoms with Gasteiger partial charge in [0.05, 0.1) is 13.7 Å². The van der Waals surface area contributed by atoms with Crippen molar-refractivity contribution in [3.05, 3.63) is 24.3 Å². The second-order valence-corrected chi connectivity index (χ2v) is 5.73. The maximum Gasteiger partial charge on any atom is 0.220 e. The highest BCUT2D eigenvalue weighted by atomic mass is 35.5. The van der Waals surface area contributed by atoms with Gasteiger partial charge >= 0.3 is 0 Å². The van der Waals surface area contributed by atoms with Gasteiger partial charge in [-0.1, -0.05) is 6.42 Å². The third kappa shape index (κ3) is 6.28. The zero-order valence-electron chi connectivity index (χ0n) is 13.6. The van der Waals surface area contributed by atoms with Crippen LogP contribution in [-0.4, -0.2) is 32.2 Å². The summed E-state index contributed by atoms with van der Waals surface area (Å²) in [6.07, 6.45) is 4.53. The number of carbonyl (C=O) groups is 1. The molecule has 2 unspecified atom stereocenters. The van der Waals surface area contributed by atoms with Crippen LogP contribution in [0.4, 0.5) is 0 Å². The fourth-order valence-electron chi connectivity index (χ4n) is 2.88. The lowest BCUT2D eigenvalue weighted by atomic mass is 10.0. The van der Waals surface area contributed by atoms with E-state index >= 15 is 0 Å². The summed E-state index contributed by atoms with van der Waals surface area (Å²) in [6.45, 7) is 1.19. The first-order chi connectivity index (χ1) is 10.7. The number of carbonyl (C=O) groups excluding carboxylic acids is 1. The Morgan fingerprint density at radius 3 is 2.61 bits per heavy atom. The monoisotopic (exact) mass is 342 g/mol. The summed E-state index contributed by atoms with van der Waals surface area (Å²) in [4.78, 5) is 11.9. The first-order valence-electron chi connectivity index (χ1n) is 7.99. The Hall–Kier alpha value is -1.46. The second kappa shape index (κ2) is 10.3. The number of methoxy groups -OCH3 is 1. The highest BCUT2D eigenvalue weighted by molar-refractivity contribution is 5.85. The SMILES string of the molecule is COc1ccc(OCCCC(=O)NC2CCCC2CN)cc1.Cl. The number of nitrogens with two attached hydrogens (primary N) is 1. The van der Waals surface area contributed by atoms with E-state index in [1.807, 2.05) is 24.3 Å². The minimum absolute atomic E-state index is 0. The molecule has 1 fully saturated rings. The molecule has 23 heavy (non-hydrogen) atoms. The molecule has 6 heteroatoms. The fraction of sp³-hybridized carbons (Fsp3) is 0.588. The summed E-state index contributed by atoms with van der Waals surface area (Å²) < 4.78 is 10.7. The van der Waals surface area contributed by atoms with E-state index in [0.717, 1.165) is 30.8 Å². The number of hydrogen-bond donors (Lipinski definition) is 2. The van der Waals surface area contributed by atoms with E-state index in [9.17, 15) is 4.79 Å². The van der Waals surface area contributed by atoms with Crippen LogP contribution >= 0.6 is 12.4 Å². The molecule has 0 radical (unpaired) electrons. The molecule has 2 rings (SSSR count). The summed E-state index contributed by atoms with van der Waals surface area (Å²) >= 11 is 0. The molecule has 130 valence electrons. The zero-order chi connectivity index (χ0) is 15.8. The predicted molar refractivity (Wildman–Crippen MR) is 93.3 cm³/mol. The molecule has 0 saturated heterocycles. The minimum atomic E-state index is 0. The number of nitrogens with one attached hydrogen (secondary N) is 1. The maximum absolute atomic E-state index is 11.9. The second-order valence-electron chi connectivity index (χ2n) is 5.73. The average molecular weight is 343 g/mol. The van der Waals surface area contributed by atoms with Gasteiger partial charge in [0.25, 0.3) is 0 Å². The number of rotatable bonds is 8. The van der Waals surface area contributed by atoms with Crippen LogP contribution in [0.2, 0.25) is 0 Å². The van der Waals surface area contributed by atoms with Crippen LogP contribution in [0.3, 0.4) is 0 Å². The van der Waals surface area contributed by atoms with Crippen LogP contribution in [0.25, 0.3) is 0 Å². The lowest BCUT2D eigenvalue weighted by Gasteiger charge is -2.19. The van der Waals surface area contributed by atoms with E-state index < -0.39 is 0 Å². The Morgan fingerprint density at radius 1 is 1.26 bits per heavy atom. The molecule has 1 aliphatic rings. The van der Waals surface area contributed by atoms with Crippen molar-refractivity contribution in [2.45, 2.75) is 38.1 Å². The van der Waals surface area contributed by atoms with Crippen LogP contribution < -0.4 is 20.5 Å². The molecule has 0 heterocycles. The normalized spacial score (nSPS) is 19.7. The zero-order valence-corrected chi connectivity index (χ0v) is 14.4. The molecule has 0 spiro atoms. The fourth-order valence-corrected chi connectivity index (χ4v) is 2.88. The highest BCUT2D eigenvalue weighted by Crippen LogP contribution is 2.24. The van der Waals surface area contributed by atoms with Gasteiger partial charge in [-0.2, -0.15) is 0 Å². The number of halogens is 1. The van der Waals surface area contributed by atoms with Crippen molar-refractivity contribution < 1.29 is 14.3 Å². The molecule has 1 amide bonds. The van der Waals surface area contributed by atoms with Crippen molar-refractivity contribution in [1.82, 2.24) is 5.32 Å². The van der Waals surface area contributed by atoms with Gasteiger partial charge in [0.15, 0.2) is 0 Å². The maximum atomic E-state index is 11.9. The Morgan fingerprint density at radius 2 is 1.96 bits per heavy atom. The van der Waals surface area contributed by atoms with E-state index in [4.69, 9.17) is 15.2 Å². The van der Waals surface area contributed by atoms with E-state index in [-0.39, 0.29) is 24.4 Å².